The second kappa shape index (κ2) is 5.14. The first kappa shape index (κ1) is 12.7. The van der Waals surface area contributed by atoms with E-state index in [1.807, 2.05) is 24.4 Å². The number of aromatic nitrogens is 1. The molecule has 0 bridgehead atoms. The van der Waals surface area contributed by atoms with Crippen LogP contribution >= 0.6 is 12.4 Å². The van der Waals surface area contributed by atoms with Crippen LogP contribution < -0.4 is 5.73 Å². The van der Waals surface area contributed by atoms with Gasteiger partial charge >= 0.3 is 0 Å². The van der Waals surface area contributed by atoms with Crippen molar-refractivity contribution in [2.45, 2.75) is 13.3 Å². The van der Waals surface area contributed by atoms with Crippen molar-refractivity contribution in [2.24, 2.45) is 5.73 Å². The van der Waals surface area contributed by atoms with Gasteiger partial charge in [0.05, 0.1) is 0 Å². The lowest BCUT2D eigenvalue weighted by molar-refractivity contribution is 0.101. The number of H-pyrrole nitrogens is 1. The molecule has 0 aliphatic heterocycles. The van der Waals surface area contributed by atoms with Gasteiger partial charge in [0.2, 0.25) is 0 Å². The number of fused-ring (bicyclic) bond motifs is 1. The van der Waals surface area contributed by atoms with Gasteiger partial charge in [-0.15, -0.1) is 12.4 Å². The third-order valence-electron chi connectivity index (χ3n) is 2.59. The van der Waals surface area contributed by atoms with E-state index in [0.29, 0.717) is 6.54 Å². The topological polar surface area (TPSA) is 58.9 Å². The van der Waals surface area contributed by atoms with Gasteiger partial charge in [-0.05, 0) is 43.7 Å². The second-order valence-electron chi connectivity index (χ2n) is 3.67. The lowest BCUT2D eigenvalue weighted by Crippen LogP contribution is -2.02. The molecule has 0 radical (unpaired) electrons. The number of nitrogens with two attached hydrogens (primary N) is 1. The monoisotopic (exact) mass is 238 g/mol. The predicted octanol–water partition coefficient (Wildman–Crippen LogP) is 2.29. The highest BCUT2D eigenvalue weighted by molar-refractivity contribution is 5.98. The first-order valence-electron chi connectivity index (χ1n) is 5.03. The van der Waals surface area contributed by atoms with Crippen LogP contribution in [0.2, 0.25) is 0 Å². The number of carbonyl (C=O) groups excluding carboxylic acids is 1. The van der Waals surface area contributed by atoms with Crippen molar-refractivity contribution in [1.82, 2.24) is 4.98 Å². The number of aromatic amines is 1. The summed E-state index contributed by atoms with van der Waals surface area (Å²) in [7, 11) is 0. The van der Waals surface area contributed by atoms with E-state index in [4.69, 9.17) is 5.73 Å². The minimum Gasteiger partial charge on any atom is -0.361 e. The highest BCUT2D eigenvalue weighted by atomic mass is 35.5. The summed E-state index contributed by atoms with van der Waals surface area (Å²) in [5, 5.41) is 1.10. The third-order valence-corrected chi connectivity index (χ3v) is 2.59. The molecule has 2 aromatic rings. The molecule has 0 saturated heterocycles. The number of halogens is 1. The Labute approximate surface area is 100 Å². The van der Waals surface area contributed by atoms with Crippen LogP contribution in [-0.2, 0) is 6.42 Å². The van der Waals surface area contributed by atoms with Crippen molar-refractivity contribution >= 4 is 29.1 Å². The van der Waals surface area contributed by atoms with Crippen LogP contribution in [-0.4, -0.2) is 17.3 Å². The molecule has 4 heteroatoms. The number of nitrogens with one attached hydrogen (secondary N) is 1. The first-order valence-corrected chi connectivity index (χ1v) is 5.03. The average Bonchev–Trinajstić information content (AvgIpc) is 2.61. The Morgan fingerprint density at radius 1 is 1.44 bits per heavy atom. The van der Waals surface area contributed by atoms with Gasteiger partial charge in [-0.3, -0.25) is 4.79 Å². The SMILES string of the molecule is CC(=O)c1ccc2[nH]cc(CCN)c2c1.Cl. The van der Waals surface area contributed by atoms with Gasteiger partial charge in [0.1, 0.15) is 0 Å². The molecule has 1 heterocycles. The predicted molar refractivity (Wildman–Crippen MR) is 68.3 cm³/mol. The zero-order valence-corrected chi connectivity index (χ0v) is 9.93. The van der Waals surface area contributed by atoms with Crippen molar-refractivity contribution < 1.29 is 4.79 Å². The molecular formula is C12H15ClN2O. The molecule has 0 aliphatic rings. The Balaban J connectivity index is 0.00000128. The summed E-state index contributed by atoms with van der Waals surface area (Å²) in [5.41, 5.74) is 8.51. The smallest absolute Gasteiger partial charge is 0.159 e. The fourth-order valence-corrected chi connectivity index (χ4v) is 1.76. The van der Waals surface area contributed by atoms with Gasteiger partial charge in [-0.25, -0.2) is 0 Å². The Bertz CT molecular complexity index is 505. The van der Waals surface area contributed by atoms with Gasteiger partial charge in [-0.1, -0.05) is 0 Å². The summed E-state index contributed by atoms with van der Waals surface area (Å²) in [5.74, 6) is 0.0943. The normalized spacial score (nSPS) is 10.1. The van der Waals surface area contributed by atoms with E-state index in [1.54, 1.807) is 6.92 Å². The molecule has 0 unspecified atom stereocenters. The molecule has 0 spiro atoms. The van der Waals surface area contributed by atoms with Crippen LogP contribution in [0.1, 0.15) is 22.8 Å². The van der Waals surface area contributed by atoms with Gasteiger partial charge < -0.3 is 10.7 Å². The molecule has 1 aromatic heterocycles. The quantitative estimate of drug-likeness (QED) is 0.806. The molecule has 0 aliphatic carbocycles. The number of carbonyl (C=O) groups is 1. The van der Waals surface area contributed by atoms with Gasteiger partial charge in [0.25, 0.3) is 0 Å². The molecule has 0 amide bonds. The number of ketones is 1. The van der Waals surface area contributed by atoms with Crippen LogP contribution in [0.15, 0.2) is 24.4 Å². The molecule has 1 aromatic carbocycles. The number of benzene rings is 1. The van der Waals surface area contributed by atoms with Crippen molar-refractivity contribution in [3.63, 3.8) is 0 Å². The Morgan fingerprint density at radius 2 is 2.19 bits per heavy atom. The molecule has 3 N–H and O–H groups in total. The molecule has 0 atom stereocenters. The van der Waals surface area contributed by atoms with Gasteiger partial charge in [0, 0.05) is 22.7 Å². The van der Waals surface area contributed by atoms with E-state index in [9.17, 15) is 4.79 Å². The number of rotatable bonds is 3. The summed E-state index contributed by atoms with van der Waals surface area (Å²) < 4.78 is 0. The highest BCUT2D eigenvalue weighted by Gasteiger charge is 2.05. The Kier molecular flexibility index (Phi) is 4.10. The molecule has 0 saturated carbocycles. The number of hydrogen-bond acceptors (Lipinski definition) is 2. The molecule has 16 heavy (non-hydrogen) atoms. The maximum Gasteiger partial charge on any atom is 0.159 e. The zero-order valence-electron chi connectivity index (χ0n) is 9.12. The Morgan fingerprint density at radius 3 is 2.81 bits per heavy atom. The third kappa shape index (κ3) is 2.26. The first-order chi connectivity index (χ1) is 7.22. The Hall–Kier alpha value is -1.32. The standard InChI is InChI=1S/C12H14N2O.ClH/c1-8(15)9-2-3-12-11(6-9)10(4-5-13)7-14-12;/h2-3,6-7,14H,4-5,13H2,1H3;1H. The number of Topliss-reactive ketones (excluding diaryl/α,β-unsaturated/α-hetero) is 1. The molecular weight excluding hydrogens is 224 g/mol. The van der Waals surface area contributed by atoms with E-state index in [2.05, 4.69) is 4.98 Å². The maximum atomic E-state index is 11.2. The fourth-order valence-electron chi connectivity index (χ4n) is 1.76. The molecule has 86 valence electrons. The molecule has 0 fully saturated rings. The average molecular weight is 239 g/mol. The second-order valence-corrected chi connectivity index (χ2v) is 3.67. The van der Waals surface area contributed by atoms with Gasteiger partial charge in [0.15, 0.2) is 5.78 Å². The zero-order chi connectivity index (χ0) is 10.8. The minimum atomic E-state index is 0. The summed E-state index contributed by atoms with van der Waals surface area (Å²) >= 11 is 0. The van der Waals surface area contributed by atoms with E-state index in [0.717, 1.165) is 22.9 Å². The lowest BCUT2D eigenvalue weighted by atomic mass is 10.1. The summed E-state index contributed by atoms with van der Waals surface area (Å²) in [6.07, 6.45) is 2.79. The van der Waals surface area contributed by atoms with Crippen LogP contribution in [0.5, 0.6) is 0 Å². The van der Waals surface area contributed by atoms with E-state index in [1.165, 1.54) is 5.56 Å². The lowest BCUT2D eigenvalue weighted by Gasteiger charge is -1.98. The summed E-state index contributed by atoms with van der Waals surface area (Å²) in [4.78, 5) is 14.4. The van der Waals surface area contributed by atoms with E-state index < -0.39 is 0 Å². The molecule has 3 nitrogen and oxygen atoms in total. The van der Waals surface area contributed by atoms with Crippen LogP contribution in [0, 0.1) is 0 Å². The molecule has 2 rings (SSSR count). The summed E-state index contributed by atoms with van der Waals surface area (Å²) in [6, 6.07) is 5.71. The maximum absolute atomic E-state index is 11.2. The van der Waals surface area contributed by atoms with Crippen molar-refractivity contribution in [2.75, 3.05) is 6.54 Å². The van der Waals surface area contributed by atoms with Crippen molar-refractivity contribution in [3.05, 3.63) is 35.5 Å². The van der Waals surface area contributed by atoms with Crippen LogP contribution in [0.4, 0.5) is 0 Å². The summed E-state index contributed by atoms with van der Waals surface area (Å²) in [6.45, 7) is 2.20. The van der Waals surface area contributed by atoms with Crippen molar-refractivity contribution in [1.29, 1.82) is 0 Å². The van der Waals surface area contributed by atoms with Crippen LogP contribution in [0.25, 0.3) is 10.9 Å². The fraction of sp³-hybridized carbons (Fsp3) is 0.250. The largest absolute Gasteiger partial charge is 0.361 e. The van der Waals surface area contributed by atoms with Crippen LogP contribution in [0.3, 0.4) is 0 Å². The van der Waals surface area contributed by atoms with Gasteiger partial charge in [-0.2, -0.15) is 0 Å². The minimum absolute atomic E-state index is 0. The van der Waals surface area contributed by atoms with E-state index >= 15 is 0 Å². The number of hydrogen-bond donors (Lipinski definition) is 2. The highest BCUT2D eigenvalue weighted by Crippen LogP contribution is 2.20. The van der Waals surface area contributed by atoms with Crippen molar-refractivity contribution in [3.8, 4) is 0 Å². The van der Waals surface area contributed by atoms with E-state index in [-0.39, 0.29) is 18.2 Å².